The first kappa shape index (κ1) is 14.7. The fourth-order valence-electron chi connectivity index (χ4n) is 3.12. The Hall–Kier alpha value is -1.88. The normalized spacial score (nSPS) is 22.3. The van der Waals surface area contributed by atoms with Crippen molar-refractivity contribution in [2.75, 3.05) is 37.6 Å². The number of carbonyl (C=O) groups excluding carboxylic acids is 1. The molecule has 1 atom stereocenters. The minimum Gasteiger partial charge on any atom is -0.307 e. The minimum atomic E-state index is -0.257. The summed E-state index contributed by atoms with van der Waals surface area (Å²) in [6, 6.07) is 5.29. The fourth-order valence-corrected chi connectivity index (χ4v) is 4.40. The molecule has 2 saturated heterocycles. The van der Waals surface area contributed by atoms with Crippen LogP contribution in [0.25, 0.3) is 10.2 Å². The molecule has 1 aromatic carbocycles. The van der Waals surface area contributed by atoms with Crippen molar-refractivity contribution in [2.24, 2.45) is 0 Å². The van der Waals surface area contributed by atoms with Crippen molar-refractivity contribution in [3.63, 3.8) is 0 Å². The average molecular weight is 348 g/mol. The van der Waals surface area contributed by atoms with Crippen molar-refractivity contribution in [3.05, 3.63) is 23.2 Å². The molecule has 2 fully saturated rings. The number of carbonyl (C=O) groups is 1. The molecule has 6 nitrogen and oxygen atoms in total. The Bertz CT molecular complexity index is 816. The van der Waals surface area contributed by atoms with Crippen LogP contribution in [0.4, 0.5) is 5.13 Å². The van der Waals surface area contributed by atoms with Gasteiger partial charge in [-0.25, -0.2) is 4.98 Å². The predicted molar refractivity (Wildman–Crippen MR) is 89.5 cm³/mol. The number of hydrogen-bond acceptors (Lipinski definition) is 6. The maximum atomic E-state index is 12.9. The van der Waals surface area contributed by atoms with Crippen LogP contribution in [0, 0.1) is 11.5 Å². The van der Waals surface area contributed by atoms with Gasteiger partial charge in [-0.1, -0.05) is 22.9 Å². The Kier molecular flexibility index (Phi) is 3.60. The van der Waals surface area contributed by atoms with Gasteiger partial charge in [-0.15, -0.1) is 0 Å². The lowest BCUT2D eigenvalue weighted by atomic mass is 10.1. The predicted octanol–water partition coefficient (Wildman–Crippen LogP) is 1.76. The highest BCUT2D eigenvalue weighted by molar-refractivity contribution is 7.22. The number of thiazole rings is 1. The van der Waals surface area contributed by atoms with Crippen LogP contribution in [-0.2, 0) is 4.79 Å². The zero-order valence-corrected chi connectivity index (χ0v) is 13.8. The minimum absolute atomic E-state index is 0.0290. The van der Waals surface area contributed by atoms with E-state index in [0.29, 0.717) is 29.8 Å². The molecule has 0 aliphatic carbocycles. The first-order valence-corrected chi connectivity index (χ1v) is 8.61. The number of hydrogen-bond donors (Lipinski definition) is 0. The van der Waals surface area contributed by atoms with Gasteiger partial charge in [-0.2, -0.15) is 5.26 Å². The maximum absolute atomic E-state index is 12.9. The van der Waals surface area contributed by atoms with Gasteiger partial charge in [-0.05, 0) is 18.2 Å². The number of piperazine rings is 2. The molecule has 0 bridgehead atoms. The zero-order chi connectivity index (χ0) is 16.0. The van der Waals surface area contributed by atoms with Gasteiger partial charge in [0.1, 0.15) is 6.04 Å². The van der Waals surface area contributed by atoms with Gasteiger partial charge in [0.25, 0.3) is 0 Å². The van der Waals surface area contributed by atoms with Gasteiger partial charge in [0.15, 0.2) is 11.3 Å². The van der Waals surface area contributed by atoms with Gasteiger partial charge in [0, 0.05) is 31.2 Å². The summed E-state index contributed by atoms with van der Waals surface area (Å²) in [6.07, 6.45) is 2.15. The van der Waals surface area contributed by atoms with Crippen LogP contribution in [0.5, 0.6) is 0 Å². The van der Waals surface area contributed by atoms with Gasteiger partial charge in [-0.3, -0.25) is 14.6 Å². The van der Waals surface area contributed by atoms with Crippen LogP contribution >= 0.6 is 22.9 Å². The number of anilines is 1. The second kappa shape index (κ2) is 5.64. The Labute approximate surface area is 142 Å². The van der Waals surface area contributed by atoms with E-state index in [-0.39, 0.29) is 11.9 Å². The van der Waals surface area contributed by atoms with E-state index in [1.807, 2.05) is 12.1 Å². The van der Waals surface area contributed by atoms with Gasteiger partial charge in [0.05, 0.1) is 16.8 Å². The summed E-state index contributed by atoms with van der Waals surface area (Å²) >= 11 is 7.50. The SMILES string of the molecule is N#CN1CCN2CCN(c3nc4ccc(Cl)cc4s3)C(=O)C2C1. The summed E-state index contributed by atoms with van der Waals surface area (Å²) in [6.45, 7) is 3.36. The second-order valence-electron chi connectivity index (χ2n) is 5.70. The molecule has 1 unspecified atom stereocenters. The lowest BCUT2D eigenvalue weighted by Crippen LogP contribution is -2.64. The number of nitrogens with zero attached hydrogens (tertiary/aromatic N) is 5. The topological polar surface area (TPSA) is 63.5 Å². The molecule has 8 heteroatoms. The molecule has 0 saturated carbocycles. The average Bonchev–Trinajstić information content (AvgIpc) is 2.97. The first-order chi connectivity index (χ1) is 11.2. The molecule has 0 radical (unpaired) electrons. The third-order valence-electron chi connectivity index (χ3n) is 4.36. The third-order valence-corrected chi connectivity index (χ3v) is 5.64. The van der Waals surface area contributed by atoms with E-state index in [9.17, 15) is 4.79 Å². The Balaban J connectivity index is 1.63. The molecule has 2 aliphatic rings. The van der Waals surface area contributed by atoms with Gasteiger partial charge < -0.3 is 4.90 Å². The number of amides is 1. The van der Waals surface area contributed by atoms with E-state index in [2.05, 4.69) is 16.1 Å². The number of fused-ring (bicyclic) bond motifs is 2. The van der Waals surface area contributed by atoms with Gasteiger partial charge >= 0.3 is 0 Å². The highest BCUT2D eigenvalue weighted by Crippen LogP contribution is 2.32. The van der Waals surface area contributed by atoms with Crippen molar-refractivity contribution in [1.29, 1.82) is 5.26 Å². The van der Waals surface area contributed by atoms with Crippen LogP contribution in [0.2, 0.25) is 5.02 Å². The summed E-state index contributed by atoms with van der Waals surface area (Å²) in [5.74, 6) is 0.0290. The Morgan fingerprint density at radius 1 is 1.30 bits per heavy atom. The Morgan fingerprint density at radius 3 is 2.96 bits per heavy atom. The van der Waals surface area contributed by atoms with Crippen LogP contribution < -0.4 is 4.90 Å². The fraction of sp³-hybridized carbons (Fsp3) is 0.400. The van der Waals surface area contributed by atoms with Crippen molar-refractivity contribution in [1.82, 2.24) is 14.8 Å². The molecule has 1 amide bonds. The highest BCUT2D eigenvalue weighted by Gasteiger charge is 2.39. The van der Waals surface area contributed by atoms with E-state index in [0.717, 1.165) is 23.3 Å². The van der Waals surface area contributed by atoms with Crippen molar-refractivity contribution >= 4 is 44.2 Å². The number of halogens is 1. The van der Waals surface area contributed by atoms with Crippen molar-refractivity contribution in [2.45, 2.75) is 6.04 Å². The van der Waals surface area contributed by atoms with Crippen LogP contribution in [0.15, 0.2) is 18.2 Å². The summed E-state index contributed by atoms with van der Waals surface area (Å²) in [5, 5.41) is 10.5. The van der Waals surface area contributed by atoms with E-state index in [1.165, 1.54) is 11.3 Å². The summed E-state index contributed by atoms with van der Waals surface area (Å²) in [7, 11) is 0. The third kappa shape index (κ3) is 2.53. The number of benzene rings is 1. The molecule has 118 valence electrons. The molecular weight excluding hydrogens is 334 g/mol. The molecule has 1 aromatic heterocycles. The smallest absolute Gasteiger partial charge is 0.248 e. The standard InChI is InChI=1S/C15H14ClN5OS/c16-10-1-2-11-13(7-10)23-15(18-11)21-6-5-20-4-3-19(9-17)8-12(20)14(21)22/h1-2,7,12H,3-6,8H2. The molecule has 4 rings (SSSR count). The molecule has 23 heavy (non-hydrogen) atoms. The molecule has 2 aliphatic heterocycles. The largest absolute Gasteiger partial charge is 0.307 e. The summed E-state index contributed by atoms with van der Waals surface area (Å²) in [4.78, 5) is 23.0. The Morgan fingerprint density at radius 2 is 2.13 bits per heavy atom. The van der Waals surface area contributed by atoms with E-state index >= 15 is 0 Å². The number of aromatic nitrogens is 1. The second-order valence-corrected chi connectivity index (χ2v) is 7.14. The van der Waals surface area contributed by atoms with Crippen LogP contribution in [0.3, 0.4) is 0 Å². The summed E-state index contributed by atoms with van der Waals surface area (Å²) in [5.41, 5.74) is 0.854. The van der Waals surface area contributed by atoms with Crippen molar-refractivity contribution < 1.29 is 4.79 Å². The van der Waals surface area contributed by atoms with Crippen LogP contribution in [0.1, 0.15) is 0 Å². The zero-order valence-electron chi connectivity index (χ0n) is 12.3. The molecular formula is C15H14ClN5OS. The van der Waals surface area contributed by atoms with Crippen molar-refractivity contribution in [3.8, 4) is 6.19 Å². The lowest BCUT2D eigenvalue weighted by Gasteiger charge is -2.44. The quantitative estimate of drug-likeness (QED) is 0.736. The molecule has 2 aromatic rings. The summed E-state index contributed by atoms with van der Waals surface area (Å²) < 4.78 is 0.977. The molecule has 3 heterocycles. The van der Waals surface area contributed by atoms with Crippen LogP contribution in [-0.4, -0.2) is 59.5 Å². The maximum Gasteiger partial charge on any atom is 0.248 e. The highest BCUT2D eigenvalue weighted by atomic mass is 35.5. The monoisotopic (exact) mass is 347 g/mol. The van der Waals surface area contributed by atoms with E-state index in [4.69, 9.17) is 16.9 Å². The lowest BCUT2D eigenvalue weighted by molar-refractivity contribution is -0.127. The molecule has 0 spiro atoms. The first-order valence-electron chi connectivity index (χ1n) is 7.42. The molecule has 0 N–H and O–H groups in total. The van der Waals surface area contributed by atoms with E-state index in [1.54, 1.807) is 15.9 Å². The number of nitriles is 1. The van der Waals surface area contributed by atoms with Gasteiger partial charge in [0.2, 0.25) is 5.91 Å². The number of rotatable bonds is 1. The van der Waals surface area contributed by atoms with E-state index < -0.39 is 0 Å².